The maximum atomic E-state index is 14.4. The van der Waals surface area contributed by atoms with Crippen molar-refractivity contribution in [2.75, 3.05) is 18.5 Å². The molecule has 0 unspecified atom stereocenters. The van der Waals surface area contributed by atoms with Crippen molar-refractivity contribution in [3.05, 3.63) is 83.8 Å². The van der Waals surface area contributed by atoms with E-state index in [4.69, 9.17) is 14.7 Å². The van der Waals surface area contributed by atoms with E-state index in [1.165, 1.54) is 12.1 Å². The average Bonchev–Trinajstić information content (AvgIpc) is 2.91. The molecular formula is C30H28FN5O4. The molecule has 4 rings (SSSR count). The third-order valence-corrected chi connectivity index (χ3v) is 5.60. The van der Waals surface area contributed by atoms with Gasteiger partial charge in [-0.05, 0) is 87.4 Å². The van der Waals surface area contributed by atoms with Gasteiger partial charge in [-0.3, -0.25) is 4.79 Å². The van der Waals surface area contributed by atoms with Gasteiger partial charge in [0.05, 0.1) is 12.2 Å². The number of rotatable bonds is 8. The Kier molecular flexibility index (Phi) is 8.54. The molecule has 0 fully saturated rings. The number of halogens is 1. The van der Waals surface area contributed by atoms with Crippen LogP contribution >= 0.6 is 0 Å². The molecule has 2 heterocycles. The summed E-state index contributed by atoms with van der Waals surface area (Å²) in [5, 5.41) is 15.3. The van der Waals surface area contributed by atoms with Gasteiger partial charge in [-0.2, -0.15) is 5.26 Å². The molecule has 0 bridgehead atoms. The first-order valence-corrected chi connectivity index (χ1v) is 12.6. The number of fused-ring (bicyclic) bond motifs is 1. The molecule has 2 amide bonds. The molecule has 0 atom stereocenters. The number of nitrogens with zero attached hydrogens (tertiary/aromatic N) is 3. The highest BCUT2D eigenvalue weighted by Gasteiger charge is 2.17. The fourth-order valence-electron chi connectivity index (χ4n) is 3.76. The third-order valence-electron chi connectivity index (χ3n) is 5.60. The zero-order valence-corrected chi connectivity index (χ0v) is 22.3. The van der Waals surface area contributed by atoms with Crippen molar-refractivity contribution in [1.82, 2.24) is 15.3 Å². The largest absolute Gasteiger partial charge is 0.493 e. The Morgan fingerprint density at radius 3 is 2.65 bits per heavy atom. The number of hydrogen-bond donors (Lipinski definition) is 2. The first-order valence-electron chi connectivity index (χ1n) is 12.6. The molecule has 2 aromatic carbocycles. The molecule has 0 saturated carbocycles. The molecule has 0 aliphatic heterocycles. The van der Waals surface area contributed by atoms with Crippen molar-refractivity contribution in [2.24, 2.45) is 0 Å². The van der Waals surface area contributed by atoms with Gasteiger partial charge in [0.2, 0.25) is 0 Å². The van der Waals surface area contributed by atoms with E-state index in [1.54, 1.807) is 69.4 Å². The normalized spacial score (nSPS) is 11.0. The van der Waals surface area contributed by atoms with Crippen LogP contribution in [-0.2, 0) is 4.74 Å². The van der Waals surface area contributed by atoms with Crippen molar-refractivity contribution in [2.45, 2.75) is 32.8 Å². The van der Waals surface area contributed by atoms with Crippen LogP contribution in [0.1, 0.15) is 43.1 Å². The number of aromatic nitrogens is 2. The minimum atomic E-state index is -0.662. The number of benzene rings is 2. The van der Waals surface area contributed by atoms with Crippen LogP contribution in [0, 0.1) is 17.1 Å². The number of ether oxygens (including phenoxy) is 2. The Morgan fingerprint density at radius 1 is 1.07 bits per heavy atom. The van der Waals surface area contributed by atoms with Gasteiger partial charge >= 0.3 is 6.09 Å². The van der Waals surface area contributed by atoms with E-state index in [-0.39, 0.29) is 12.2 Å². The summed E-state index contributed by atoms with van der Waals surface area (Å²) < 4.78 is 25.6. The quantitative estimate of drug-likeness (QED) is 0.268. The minimum Gasteiger partial charge on any atom is -0.493 e. The van der Waals surface area contributed by atoms with E-state index in [0.717, 1.165) is 5.39 Å². The lowest BCUT2D eigenvalue weighted by molar-refractivity contribution is 0.0525. The number of nitriles is 1. The topological polar surface area (TPSA) is 126 Å². The Balaban J connectivity index is 1.52. The van der Waals surface area contributed by atoms with Gasteiger partial charge in [0, 0.05) is 29.3 Å². The number of pyridine rings is 2. The second kappa shape index (κ2) is 12.2. The van der Waals surface area contributed by atoms with Gasteiger partial charge in [0.15, 0.2) is 5.65 Å². The van der Waals surface area contributed by atoms with Crippen molar-refractivity contribution >= 4 is 28.9 Å². The Hall–Kier alpha value is -5.04. The molecule has 0 saturated heterocycles. The summed E-state index contributed by atoms with van der Waals surface area (Å²) in [6.45, 7) is 5.83. The summed E-state index contributed by atoms with van der Waals surface area (Å²) in [6, 6.07) is 18.0. The zero-order chi connectivity index (χ0) is 28.7. The van der Waals surface area contributed by atoms with E-state index in [0.29, 0.717) is 46.9 Å². The summed E-state index contributed by atoms with van der Waals surface area (Å²) in [4.78, 5) is 33.5. The van der Waals surface area contributed by atoms with Crippen LogP contribution in [0.5, 0.6) is 5.75 Å². The fourth-order valence-corrected chi connectivity index (χ4v) is 3.76. The van der Waals surface area contributed by atoms with Crippen LogP contribution < -0.4 is 15.4 Å². The Bertz CT molecular complexity index is 1590. The molecule has 40 heavy (non-hydrogen) atoms. The molecule has 9 nitrogen and oxygen atoms in total. The fraction of sp³-hybridized carbons (Fsp3) is 0.233. The molecule has 2 N–H and O–H groups in total. The highest BCUT2D eigenvalue weighted by Crippen LogP contribution is 2.32. The molecule has 4 aromatic rings. The van der Waals surface area contributed by atoms with Crippen molar-refractivity contribution in [1.29, 1.82) is 5.26 Å². The maximum absolute atomic E-state index is 14.4. The highest BCUT2D eigenvalue weighted by atomic mass is 19.1. The standard InChI is InChI=1S/C30H28FN5O4/c1-30(2,3)40-29(38)34-14-5-15-39-25-17-21(9-11-23(25)20-7-8-22(18-32)24(31)16-20)28(37)36-26-12-10-19-6-4-13-33-27(19)35-26/h4,6-13,16-17H,5,14-15H2,1-3H3,(H,34,38)(H,33,35,36,37). The first kappa shape index (κ1) is 28.0. The van der Waals surface area contributed by atoms with E-state index >= 15 is 0 Å². The first-order chi connectivity index (χ1) is 19.1. The maximum Gasteiger partial charge on any atom is 0.407 e. The lowest BCUT2D eigenvalue weighted by atomic mass is 10.0. The third kappa shape index (κ3) is 7.29. The lowest BCUT2D eigenvalue weighted by Gasteiger charge is -2.19. The molecular weight excluding hydrogens is 513 g/mol. The summed E-state index contributed by atoms with van der Waals surface area (Å²) in [5.74, 6) is -0.408. The Morgan fingerprint density at radius 2 is 1.90 bits per heavy atom. The number of hydrogen-bond acceptors (Lipinski definition) is 7. The predicted octanol–water partition coefficient (Wildman–Crippen LogP) is 5.85. The van der Waals surface area contributed by atoms with Crippen molar-refractivity contribution in [3.8, 4) is 22.9 Å². The van der Waals surface area contributed by atoms with Crippen LogP contribution in [0.4, 0.5) is 15.0 Å². The summed E-state index contributed by atoms with van der Waals surface area (Å²) in [5.41, 5.74) is 1.13. The van der Waals surface area contributed by atoms with Gasteiger partial charge in [-0.1, -0.05) is 6.07 Å². The van der Waals surface area contributed by atoms with E-state index < -0.39 is 23.4 Å². The smallest absolute Gasteiger partial charge is 0.407 e. The monoisotopic (exact) mass is 541 g/mol. The van der Waals surface area contributed by atoms with Crippen LogP contribution in [0.15, 0.2) is 66.9 Å². The zero-order valence-electron chi connectivity index (χ0n) is 22.3. The summed E-state index contributed by atoms with van der Waals surface area (Å²) in [6.07, 6.45) is 1.54. The Labute approximate surface area is 231 Å². The van der Waals surface area contributed by atoms with Crippen molar-refractivity contribution < 1.29 is 23.5 Å². The number of carbonyl (C=O) groups is 2. The highest BCUT2D eigenvalue weighted by molar-refractivity contribution is 6.04. The molecule has 10 heteroatoms. The number of amides is 2. The average molecular weight is 542 g/mol. The summed E-state index contributed by atoms with van der Waals surface area (Å²) >= 11 is 0. The number of nitrogens with one attached hydrogen (secondary N) is 2. The van der Waals surface area contributed by atoms with Crippen LogP contribution in [0.2, 0.25) is 0 Å². The molecule has 204 valence electrons. The van der Waals surface area contributed by atoms with Gasteiger partial charge in [0.25, 0.3) is 5.91 Å². The number of anilines is 1. The number of alkyl carbamates (subject to hydrolysis) is 1. The second-order valence-corrected chi connectivity index (χ2v) is 9.85. The lowest BCUT2D eigenvalue weighted by Crippen LogP contribution is -2.33. The molecule has 0 radical (unpaired) electrons. The van der Waals surface area contributed by atoms with Gasteiger partial charge in [-0.25, -0.2) is 19.2 Å². The molecule has 2 aromatic heterocycles. The SMILES string of the molecule is CC(C)(C)OC(=O)NCCCOc1cc(C(=O)Nc2ccc3cccnc3n2)ccc1-c1ccc(C#N)c(F)c1. The molecule has 0 aliphatic rings. The van der Waals surface area contributed by atoms with Crippen LogP contribution in [0.25, 0.3) is 22.2 Å². The number of carbonyl (C=O) groups excluding carboxylic acids is 2. The van der Waals surface area contributed by atoms with Gasteiger partial charge < -0.3 is 20.1 Å². The van der Waals surface area contributed by atoms with Crippen molar-refractivity contribution in [3.63, 3.8) is 0 Å². The van der Waals surface area contributed by atoms with Gasteiger partial charge in [-0.15, -0.1) is 0 Å². The second-order valence-electron chi connectivity index (χ2n) is 9.85. The summed E-state index contributed by atoms with van der Waals surface area (Å²) in [7, 11) is 0. The molecule has 0 spiro atoms. The van der Waals surface area contributed by atoms with Crippen LogP contribution in [-0.4, -0.2) is 40.7 Å². The minimum absolute atomic E-state index is 0.0761. The molecule has 0 aliphatic carbocycles. The van der Waals surface area contributed by atoms with Gasteiger partial charge in [0.1, 0.15) is 29.1 Å². The van der Waals surface area contributed by atoms with Crippen LogP contribution in [0.3, 0.4) is 0 Å². The predicted molar refractivity (Wildman–Crippen MR) is 148 cm³/mol. The van der Waals surface area contributed by atoms with E-state index in [9.17, 15) is 14.0 Å². The van der Waals surface area contributed by atoms with E-state index in [1.807, 2.05) is 12.1 Å². The van der Waals surface area contributed by atoms with E-state index in [2.05, 4.69) is 20.6 Å².